The Morgan fingerprint density at radius 2 is 1.47 bits per heavy atom. The van der Waals surface area contributed by atoms with E-state index in [1.807, 2.05) is 0 Å². The molecule has 0 radical (unpaired) electrons. The van der Waals surface area contributed by atoms with Gasteiger partial charge in [0.05, 0.1) is 13.0 Å². The predicted octanol–water partition coefficient (Wildman–Crippen LogP) is 2.36. The van der Waals surface area contributed by atoms with Crippen LogP contribution in [-0.4, -0.2) is 71.4 Å². The molecular weight excluding hydrogens is 416 g/mol. The smallest absolute Gasteiger partial charge is 0.256 e. The first-order chi connectivity index (χ1) is 15.3. The van der Waals surface area contributed by atoms with Crippen molar-refractivity contribution in [3.05, 3.63) is 48.8 Å². The van der Waals surface area contributed by atoms with E-state index in [4.69, 9.17) is 28.4 Å². The van der Waals surface area contributed by atoms with Crippen LogP contribution in [0.5, 0.6) is 0 Å². The van der Waals surface area contributed by atoms with Gasteiger partial charge in [-0.05, 0) is 25.0 Å². The number of allylic oxidation sites excluding steroid dienone is 2. The number of Topliss-reactive ketones (excluding diaryl/α,β-unsaturated/α-hetero) is 2. The van der Waals surface area contributed by atoms with Crippen molar-refractivity contribution in [3.63, 3.8) is 0 Å². The van der Waals surface area contributed by atoms with Gasteiger partial charge < -0.3 is 28.4 Å². The van der Waals surface area contributed by atoms with E-state index in [0.717, 1.165) is 5.57 Å². The first kappa shape index (κ1) is 24.5. The lowest BCUT2D eigenvalue weighted by Crippen LogP contribution is -2.81. The van der Waals surface area contributed by atoms with Gasteiger partial charge in [-0.2, -0.15) is 0 Å². The van der Waals surface area contributed by atoms with Crippen molar-refractivity contribution in [1.82, 2.24) is 0 Å². The summed E-state index contributed by atoms with van der Waals surface area (Å²) in [7, 11) is 8.41. The van der Waals surface area contributed by atoms with E-state index in [1.54, 1.807) is 24.3 Å². The van der Waals surface area contributed by atoms with Gasteiger partial charge >= 0.3 is 0 Å². The van der Waals surface area contributed by atoms with Crippen LogP contribution in [0.2, 0.25) is 0 Å². The molecule has 1 saturated carbocycles. The summed E-state index contributed by atoms with van der Waals surface area (Å²) in [6.45, 7) is 7.77. The summed E-state index contributed by atoms with van der Waals surface area (Å²) in [5.74, 6) is -5.98. The molecule has 0 heterocycles. The summed E-state index contributed by atoms with van der Waals surface area (Å²) >= 11 is 0. The predicted molar refractivity (Wildman–Crippen MR) is 115 cm³/mol. The van der Waals surface area contributed by atoms with Gasteiger partial charge in [-0.3, -0.25) is 9.59 Å². The standard InChI is InChI=1S/C24H32O8/c1-9-11-15-13-22(28-4)20(26)23(29-5,30-6)17(15)18-21(22,12-10-2)14-16(27-3)19(25)24(18,31-7)32-8/h9-10,13-14,17-18H,1-2,11-12H2,3-8H3/t17-,18+,21+,22-/m0/s1. The summed E-state index contributed by atoms with van der Waals surface area (Å²) in [4.78, 5) is 27.8. The molecule has 0 aromatic carbocycles. The quantitative estimate of drug-likeness (QED) is 0.372. The van der Waals surface area contributed by atoms with Gasteiger partial charge in [0.1, 0.15) is 0 Å². The van der Waals surface area contributed by atoms with Crippen LogP contribution in [0.4, 0.5) is 0 Å². The molecule has 0 amide bonds. The highest BCUT2D eigenvalue weighted by Crippen LogP contribution is 2.69. The molecule has 0 saturated heterocycles. The number of carbonyl (C=O) groups excluding carboxylic acids is 2. The molecule has 2 bridgehead atoms. The van der Waals surface area contributed by atoms with Gasteiger partial charge in [0.2, 0.25) is 17.4 Å². The zero-order valence-electron chi connectivity index (χ0n) is 19.6. The molecule has 8 nitrogen and oxygen atoms in total. The second-order valence-electron chi connectivity index (χ2n) is 8.16. The van der Waals surface area contributed by atoms with Crippen LogP contribution in [0.1, 0.15) is 12.8 Å². The number of hydrogen-bond acceptors (Lipinski definition) is 8. The Hall–Kier alpha value is -2.10. The van der Waals surface area contributed by atoms with E-state index in [-0.39, 0.29) is 12.2 Å². The summed E-state index contributed by atoms with van der Waals surface area (Å²) < 4.78 is 34.8. The molecule has 4 rings (SSSR count). The van der Waals surface area contributed by atoms with Crippen molar-refractivity contribution in [2.75, 3.05) is 42.7 Å². The molecule has 0 spiro atoms. The minimum atomic E-state index is -1.80. The lowest BCUT2D eigenvalue weighted by atomic mass is 9.41. The van der Waals surface area contributed by atoms with E-state index in [1.165, 1.54) is 42.7 Å². The average Bonchev–Trinajstić information content (AvgIpc) is 2.81. The monoisotopic (exact) mass is 448 g/mol. The largest absolute Gasteiger partial charge is 0.493 e. The Morgan fingerprint density at radius 3 is 1.91 bits per heavy atom. The van der Waals surface area contributed by atoms with Gasteiger partial charge in [0, 0.05) is 46.9 Å². The maximum Gasteiger partial charge on any atom is 0.256 e. The van der Waals surface area contributed by atoms with Crippen LogP contribution in [0.3, 0.4) is 0 Å². The Balaban J connectivity index is 2.57. The van der Waals surface area contributed by atoms with Crippen molar-refractivity contribution in [1.29, 1.82) is 0 Å². The number of hydrogen-bond donors (Lipinski definition) is 0. The molecule has 8 heteroatoms. The van der Waals surface area contributed by atoms with Crippen molar-refractivity contribution < 1.29 is 38.0 Å². The Kier molecular flexibility index (Phi) is 6.40. The lowest BCUT2D eigenvalue weighted by molar-refractivity contribution is -0.330. The number of fused-ring (bicyclic) bond motifs is 1. The van der Waals surface area contributed by atoms with Gasteiger partial charge in [-0.15, -0.1) is 13.2 Å². The second kappa shape index (κ2) is 8.35. The molecule has 4 atom stereocenters. The Labute approximate surface area is 188 Å². The van der Waals surface area contributed by atoms with E-state index in [2.05, 4.69) is 13.2 Å². The Bertz CT molecular complexity index is 878. The summed E-state index contributed by atoms with van der Waals surface area (Å²) in [5, 5.41) is 0. The molecule has 176 valence electrons. The fraction of sp³-hybridized carbons (Fsp3) is 0.583. The normalized spacial score (nSPS) is 34.4. The fourth-order valence-electron chi connectivity index (χ4n) is 6.20. The second-order valence-corrected chi connectivity index (χ2v) is 8.16. The maximum atomic E-state index is 14.2. The highest BCUT2D eigenvalue weighted by molar-refractivity contribution is 6.05. The van der Waals surface area contributed by atoms with Crippen LogP contribution in [0.15, 0.2) is 48.8 Å². The first-order valence-electron chi connectivity index (χ1n) is 10.3. The van der Waals surface area contributed by atoms with Gasteiger partial charge in [-0.25, -0.2) is 0 Å². The number of carbonyl (C=O) groups is 2. The average molecular weight is 449 g/mol. The number of ether oxygens (including phenoxy) is 6. The molecule has 0 aromatic rings. The maximum absolute atomic E-state index is 14.2. The Morgan fingerprint density at radius 1 is 0.875 bits per heavy atom. The number of ketones is 2. The minimum absolute atomic E-state index is 0.0164. The summed E-state index contributed by atoms with van der Waals surface area (Å²) in [6.07, 6.45) is 7.53. The molecule has 1 fully saturated rings. The van der Waals surface area contributed by atoms with Crippen LogP contribution >= 0.6 is 0 Å². The molecule has 0 N–H and O–H groups in total. The van der Waals surface area contributed by atoms with Crippen molar-refractivity contribution in [3.8, 4) is 0 Å². The first-order valence-corrected chi connectivity index (χ1v) is 10.3. The third-order valence-corrected chi connectivity index (χ3v) is 7.39. The van der Waals surface area contributed by atoms with Crippen LogP contribution in [-0.2, 0) is 38.0 Å². The molecule has 0 unspecified atom stereocenters. The lowest BCUT2D eigenvalue weighted by Gasteiger charge is -2.67. The third kappa shape index (κ3) is 2.55. The van der Waals surface area contributed by atoms with Crippen molar-refractivity contribution >= 4 is 11.6 Å². The topological polar surface area (TPSA) is 89.5 Å². The number of methoxy groups -OCH3 is 6. The zero-order valence-corrected chi connectivity index (χ0v) is 19.6. The fourth-order valence-corrected chi connectivity index (χ4v) is 6.20. The summed E-state index contributed by atoms with van der Waals surface area (Å²) in [5.41, 5.74) is -1.95. The molecule has 32 heavy (non-hydrogen) atoms. The highest BCUT2D eigenvalue weighted by Gasteiger charge is 2.82. The molecule has 0 aliphatic heterocycles. The van der Waals surface area contributed by atoms with Crippen LogP contribution in [0.25, 0.3) is 0 Å². The van der Waals surface area contributed by atoms with E-state index in [9.17, 15) is 9.59 Å². The van der Waals surface area contributed by atoms with E-state index >= 15 is 0 Å². The molecule has 4 aliphatic carbocycles. The molecule has 0 aromatic heterocycles. The minimum Gasteiger partial charge on any atom is -0.493 e. The summed E-state index contributed by atoms with van der Waals surface area (Å²) in [6, 6.07) is 0. The van der Waals surface area contributed by atoms with E-state index < -0.39 is 46.0 Å². The third-order valence-electron chi connectivity index (χ3n) is 7.39. The van der Waals surface area contributed by atoms with Crippen LogP contribution < -0.4 is 0 Å². The van der Waals surface area contributed by atoms with Crippen LogP contribution in [0, 0.1) is 17.3 Å². The van der Waals surface area contributed by atoms with Crippen molar-refractivity contribution in [2.24, 2.45) is 17.3 Å². The van der Waals surface area contributed by atoms with E-state index in [0.29, 0.717) is 6.42 Å². The number of rotatable bonds is 10. The van der Waals surface area contributed by atoms with Gasteiger partial charge in [-0.1, -0.05) is 17.7 Å². The van der Waals surface area contributed by atoms with Gasteiger partial charge in [0.25, 0.3) is 5.78 Å². The zero-order chi connectivity index (χ0) is 23.9. The van der Waals surface area contributed by atoms with Crippen molar-refractivity contribution in [2.45, 2.75) is 30.0 Å². The molecular formula is C24H32O8. The van der Waals surface area contributed by atoms with Gasteiger partial charge in [0.15, 0.2) is 11.4 Å². The molecule has 4 aliphatic rings. The highest BCUT2D eigenvalue weighted by atomic mass is 16.7. The SMILES string of the molecule is C=CCC1=C[C@]2(OC)C(=O)C(OC)(OC)[C@@H]1[C@H]1C(OC)(OC)C(=O)C(OC)=C[C@]12CC=C.